The summed E-state index contributed by atoms with van der Waals surface area (Å²) in [7, 11) is -6.99. The average molecular weight is 495 g/mol. The molecule has 2 aromatic carbocycles. The molecule has 1 saturated heterocycles. The average Bonchev–Trinajstić information content (AvgIpc) is 3.15. The second kappa shape index (κ2) is 10.3. The summed E-state index contributed by atoms with van der Waals surface area (Å²) in [5.41, 5.74) is 0.498. The van der Waals surface area contributed by atoms with Gasteiger partial charge in [0.05, 0.1) is 22.0 Å². The second-order valence-electron chi connectivity index (χ2n) is 7.72. The number of carbonyl (C=O) groups excluding carboxylic acids is 2. The minimum atomic E-state index is -3.83. The molecule has 1 unspecified atom stereocenters. The number of hydrogen-bond acceptors (Lipinski definition) is 7. The van der Waals surface area contributed by atoms with Crippen molar-refractivity contribution in [3.05, 3.63) is 60.2 Å². The van der Waals surface area contributed by atoms with Crippen molar-refractivity contribution in [2.24, 2.45) is 0 Å². The quantitative estimate of drug-likeness (QED) is 0.529. The summed E-state index contributed by atoms with van der Waals surface area (Å²) >= 11 is 0. The Morgan fingerprint density at radius 1 is 1.09 bits per heavy atom. The van der Waals surface area contributed by atoms with Gasteiger partial charge in [-0.15, -0.1) is 0 Å². The van der Waals surface area contributed by atoms with E-state index in [0.29, 0.717) is 25.1 Å². The molecule has 2 aromatic rings. The molecule has 178 valence electrons. The number of rotatable bonds is 9. The van der Waals surface area contributed by atoms with Crippen molar-refractivity contribution in [3.63, 3.8) is 0 Å². The first kappa shape index (κ1) is 24.7. The minimum absolute atomic E-state index is 0.0319. The van der Waals surface area contributed by atoms with Gasteiger partial charge in [-0.1, -0.05) is 25.1 Å². The van der Waals surface area contributed by atoms with Crippen LogP contribution in [0.5, 0.6) is 0 Å². The van der Waals surface area contributed by atoms with Gasteiger partial charge in [-0.05, 0) is 49.2 Å². The van der Waals surface area contributed by atoms with Crippen LogP contribution in [0.3, 0.4) is 0 Å². The highest BCUT2D eigenvalue weighted by atomic mass is 32.2. The van der Waals surface area contributed by atoms with E-state index >= 15 is 0 Å². The maximum Gasteiger partial charge on any atom is 0.338 e. The third kappa shape index (κ3) is 6.55. The second-order valence-corrected chi connectivity index (χ2v) is 11.6. The third-order valence-corrected chi connectivity index (χ3v) is 8.33. The number of sulfonamides is 1. The van der Waals surface area contributed by atoms with Gasteiger partial charge in [0.25, 0.3) is 15.9 Å². The summed E-state index contributed by atoms with van der Waals surface area (Å²) in [6.07, 6.45) is 1.01. The monoisotopic (exact) mass is 494 g/mol. The smallest absolute Gasteiger partial charge is 0.338 e. The molecular formula is C22H26N2O7S2. The first-order valence-corrected chi connectivity index (χ1v) is 13.8. The van der Waals surface area contributed by atoms with E-state index in [1.165, 1.54) is 29.2 Å². The Bertz CT molecular complexity index is 1200. The molecule has 1 atom stereocenters. The highest BCUT2D eigenvalue weighted by Crippen LogP contribution is 2.19. The number of anilines is 1. The molecule has 0 aliphatic carbocycles. The number of carbonyl (C=O) groups is 2. The summed E-state index contributed by atoms with van der Waals surface area (Å²) in [6.45, 7) is 1.72. The van der Waals surface area contributed by atoms with Crippen LogP contribution in [0.2, 0.25) is 0 Å². The SMILES string of the molecule is CCCN(C(=O)COC(=O)c1ccc(S(=O)(=O)Nc2ccccc2)cc1)C1CCS(=O)(=O)C1. The number of sulfone groups is 1. The number of nitrogens with zero attached hydrogens (tertiary/aromatic N) is 1. The van der Waals surface area contributed by atoms with Crippen molar-refractivity contribution in [2.45, 2.75) is 30.7 Å². The Kier molecular flexibility index (Phi) is 7.75. The van der Waals surface area contributed by atoms with Gasteiger partial charge in [0.1, 0.15) is 0 Å². The number of para-hydroxylation sites is 1. The van der Waals surface area contributed by atoms with Crippen LogP contribution in [0, 0.1) is 0 Å². The summed E-state index contributed by atoms with van der Waals surface area (Å²) in [5, 5.41) is 0. The van der Waals surface area contributed by atoms with Crippen molar-refractivity contribution < 1.29 is 31.2 Å². The summed E-state index contributed by atoms with van der Waals surface area (Å²) in [4.78, 5) is 26.4. The van der Waals surface area contributed by atoms with Crippen LogP contribution in [0.25, 0.3) is 0 Å². The highest BCUT2D eigenvalue weighted by Gasteiger charge is 2.34. The van der Waals surface area contributed by atoms with Crippen LogP contribution in [-0.2, 0) is 29.4 Å². The molecular weight excluding hydrogens is 468 g/mol. The van der Waals surface area contributed by atoms with E-state index in [0.717, 1.165) is 0 Å². The van der Waals surface area contributed by atoms with Crippen molar-refractivity contribution >= 4 is 37.4 Å². The molecule has 1 fully saturated rings. The van der Waals surface area contributed by atoms with Gasteiger partial charge in [-0.3, -0.25) is 9.52 Å². The van der Waals surface area contributed by atoms with Gasteiger partial charge in [0.15, 0.2) is 16.4 Å². The van der Waals surface area contributed by atoms with Crippen LogP contribution in [-0.4, -0.2) is 64.3 Å². The highest BCUT2D eigenvalue weighted by molar-refractivity contribution is 7.92. The topological polar surface area (TPSA) is 127 Å². The first-order chi connectivity index (χ1) is 15.6. The number of benzene rings is 2. The Hall–Kier alpha value is -2.92. The summed E-state index contributed by atoms with van der Waals surface area (Å²) in [6, 6.07) is 13.1. The molecule has 33 heavy (non-hydrogen) atoms. The van der Waals surface area contributed by atoms with E-state index < -0.39 is 44.4 Å². The third-order valence-electron chi connectivity index (χ3n) is 5.19. The fraction of sp³-hybridized carbons (Fsp3) is 0.364. The summed E-state index contributed by atoms with van der Waals surface area (Å²) < 4.78 is 56.0. The predicted molar refractivity (Wildman–Crippen MR) is 123 cm³/mol. The minimum Gasteiger partial charge on any atom is -0.452 e. The zero-order valence-electron chi connectivity index (χ0n) is 18.1. The molecule has 1 aliphatic rings. The van der Waals surface area contributed by atoms with E-state index in [9.17, 15) is 26.4 Å². The first-order valence-electron chi connectivity index (χ1n) is 10.5. The van der Waals surface area contributed by atoms with Gasteiger partial charge in [0, 0.05) is 18.3 Å². The van der Waals surface area contributed by atoms with Gasteiger partial charge in [0.2, 0.25) is 0 Å². The lowest BCUT2D eigenvalue weighted by molar-refractivity contribution is -0.136. The Morgan fingerprint density at radius 2 is 1.76 bits per heavy atom. The fourth-order valence-electron chi connectivity index (χ4n) is 3.56. The van der Waals surface area contributed by atoms with E-state index in [4.69, 9.17) is 4.74 Å². The molecule has 1 heterocycles. The number of nitrogens with one attached hydrogen (secondary N) is 1. The van der Waals surface area contributed by atoms with Crippen LogP contribution in [0.15, 0.2) is 59.5 Å². The predicted octanol–water partition coefficient (Wildman–Crippen LogP) is 2.07. The molecule has 11 heteroatoms. The van der Waals surface area contributed by atoms with Gasteiger partial charge in [-0.2, -0.15) is 0 Å². The lowest BCUT2D eigenvalue weighted by Gasteiger charge is -2.27. The van der Waals surface area contributed by atoms with Gasteiger partial charge >= 0.3 is 5.97 Å². The molecule has 9 nitrogen and oxygen atoms in total. The van der Waals surface area contributed by atoms with Crippen LogP contribution >= 0.6 is 0 Å². The van der Waals surface area contributed by atoms with Crippen molar-refractivity contribution in [2.75, 3.05) is 29.4 Å². The molecule has 1 N–H and O–H groups in total. The molecule has 1 aliphatic heterocycles. The number of hydrogen-bond donors (Lipinski definition) is 1. The zero-order chi connectivity index (χ0) is 24.1. The molecule has 3 rings (SSSR count). The largest absolute Gasteiger partial charge is 0.452 e. The van der Waals surface area contributed by atoms with Crippen LogP contribution in [0.1, 0.15) is 30.1 Å². The number of amides is 1. The molecule has 0 bridgehead atoms. The Morgan fingerprint density at radius 3 is 2.33 bits per heavy atom. The van der Waals surface area contributed by atoms with Crippen molar-refractivity contribution in [1.29, 1.82) is 0 Å². The zero-order valence-corrected chi connectivity index (χ0v) is 19.8. The van der Waals surface area contributed by atoms with E-state index in [2.05, 4.69) is 4.72 Å². The van der Waals surface area contributed by atoms with Crippen molar-refractivity contribution in [1.82, 2.24) is 4.90 Å². The molecule has 1 amide bonds. The van der Waals surface area contributed by atoms with E-state index in [1.54, 1.807) is 30.3 Å². The maximum atomic E-state index is 12.6. The lowest BCUT2D eigenvalue weighted by Crippen LogP contribution is -2.43. The van der Waals surface area contributed by atoms with E-state index in [1.807, 2.05) is 6.92 Å². The Labute approximate surface area is 193 Å². The lowest BCUT2D eigenvalue weighted by atomic mass is 10.2. The molecule has 0 aromatic heterocycles. The standard InChI is InChI=1S/C22H26N2O7S2/c1-2-13-24(19-12-14-32(27,28)16-19)21(25)15-31-22(26)17-8-10-20(11-9-17)33(29,30)23-18-6-4-3-5-7-18/h3-11,19,23H,2,12-16H2,1H3. The Balaban J connectivity index is 1.60. The van der Waals surface area contributed by atoms with Crippen LogP contribution < -0.4 is 4.72 Å². The summed E-state index contributed by atoms with van der Waals surface area (Å²) in [5.74, 6) is -1.28. The van der Waals surface area contributed by atoms with Crippen LogP contribution in [0.4, 0.5) is 5.69 Å². The van der Waals surface area contributed by atoms with Gasteiger partial charge < -0.3 is 9.64 Å². The molecule has 0 radical (unpaired) electrons. The molecule has 0 spiro atoms. The normalized spacial score (nSPS) is 17.3. The fourth-order valence-corrected chi connectivity index (χ4v) is 6.35. The molecule has 0 saturated carbocycles. The van der Waals surface area contributed by atoms with E-state index in [-0.39, 0.29) is 22.0 Å². The number of esters is 1. The van der Waals surface area contributed by atoms with Crippen molar-refractivity contribution in [3.8, 4) is 0 Å². The van der Waals surface area contributed by atoms with Gasteiger partial charge in [-0.25, -0.2) is 21.6 Å². The maximum absolute atomic E-state index is 12.6. The number of ether oxygens (including phenoxy) is 1.